The number of hydrogen-bond acceptors (Lipinski definition) is 3. The molecule has 5 aromatic rings. The summed E-state index contributed by atoms with van der Waals surface area (Å²) < 4.78 is 3.26. The standard InChI is InChI=1S/C25H20N4O/c1-17-7-12-20(13-8-17)26-25-27-29-22-6-4-3-5-19(22)11-16-23(29)24(30)28(25)21-14-9-18(2)10-15-21/h3-16H,1-2H3. The average molecular weight is 392 g/mol. The van der Waals surface area contributed by atoms with Crippen molar-refractivity contribution in [2.24, 2.45) is 4.99 Å². The number of benzene rings is 3. The van der Waals surface area contributed by atoms with Gasteiger partial charge in [0, 0.05) is 34.2 Å². The molecule has 3 aromatic carbocycles. The molecule has 146 valence electrons. The van der Waals surface area contributed by atoms with Crippen LogP contribution in [0.3, 0.4) is 0 Å². The monoisotopic (exact) mass is 392 g/mol. The van der Waals surface area contributed by atoms with Gasteiger partial charge in [0.05, 0.1) is 5.69 Å². The van der Waals surface area contributed by atoms with Crippen molar-refractivity contribution in [1.82, 2.24) is 9.67 Å². The van der Waals surface area contributed by atoms with Gasteiger partial charge >= 0.3 is 0 Å². The summed E-state index contributed by atoms with van der Waals surface area (Å²) in [4.78, 5) is 4.73. The van der Waals surface area contributed by atoms with Crippen molar-refractivity contribution in [3.05, 3.63) is 102 Å². The molecule has 0 saturated carbocycles. The Kier molecular flexibility index (Phi) is 4.29. The van der Waals surface area contributed by atoms with Gasteiger partial charge < -0.3 is 5.11 Å². The van der Waals surface area contributed by atoms with Crippen LogP contribution in [0.5, 0.6) is 5.88 Å². The van der Waals surface area contributed by atoms with Crippen LogP contribution in [0.2, 0.25) is 0 Å². The van der Waals surface area contributed by atoms with E-state index in [-0.39, 0.29) is 5.88 Å². The maximum Gasteiger partial charge on any atom is 0.300 e. The Balaban J connectivity index is 1.90. The third-order valence-electron chi connectivity index (χ3n) is 5.18. The quantitative estimate of drug-likeness (QED) is 0.340. The molecule has 30 heavy (non-hydrogen) atoms. The summed E-state index contributed by atoms with van der Waals surface area (Å²) in [7, 11) is 0. The maximum absolute atomic E-state index is 13.6. The maximum atomic E-state index is 13.6. The molecule has 5 nitrogen and oxygen atoms in total. The van der Waals surface area contributed by atoms with Crippen molar-refractivity contribution in [1.29, 1.82) is 0 Å². The van der Waals surface area contributed by atoms with Gasteiger partial charge in [-0.2, -0.15) is 0 Å². The van der Waals surface area contributed by atoms with Crippen molar-refractivity contribution in [2.75, 3.05) is 0 Å². The van der Waals surface area contributed by atoms with E-state index in [4.69, 9.17) is 10.1 Å². The molecule has 0 aliphatic rings. The highest BCUT2D eigenvalue weighted by Gasteiger charge is 2.16. The van der Waals surface area contributed by atoms with Gasteiger partial charge in [0.25, 0.3) is 5.62 Å². The lowest BCUT2D eigenvalue weighted by molar-refractivity contribution is -0.559. The van der Waals surface area contributed by atoms with E-state index < -0.39 is 0 Å². The van der Waals surface area contributed by atoms with Crippen molar-refractivity contribution >= 4 is 22.1 Å². The number of nitrogens with zero attached hydrogens (tertiary/aromatic N) is 4. The number of rotatable bonds is 2. The number of aromatic nitrogens is 3. The summed E-state index contributed by atoms with van der Waals surface area (Å²) in [6, 6.07) is 27.3. The SMILES string of the molecule is Cc1ccc(N=c2n[n+]3c(ccc4ccccc43)c([O-])n2-c2ccc(C)cc2)cc1. The first-order chi connectivity index (χ1) is 14.6. The average Bonchev–Trinajstić information content (AvgIpc) is 2.76. The Morgan fingerprint density at radius 2 is 1.43 bits per heavy atom. The first-order valence-corrected chi connectivity index (χ1v) is 9.82. The van der Waals surface area contributed by atoms with E-state index in [2.05, 4.69) is 0 Å². The molecule has 5 heteroatoms. The van der Waals surface area contributed by atoms with Crippen molar-refractivity contribution in [3.63, 3.8) is 0 Å². The van der Waals surface area contributed by atoms with Crippen LogP contribution in [0.15, 0.2) is 89.9 Å². The number of hydrogen-bond donors (Lipinski definition) is 0. The van der Waals surface area contributed by atoms with Gasteiger partial charge in [0.2, 0.25) is 11.0 Å². The summed E-state index contributed by atoms with van der Waals surface area (Å²) in [5.41, 5.74) is 5.45. The largest absolute Gasteiger partial charge is 0.855 e. The van der Waals surface area contributed by atoms with Crippen LogP contribution >= 0.6 is 0 Å². The van der Waals surface area contributed by atoms with E-state index in [9.17, 15) is 5.11 Å². The predicted octanol–water partition coefficient (Wildman–Crippen LogP) is 3.69. The fourth-order valence-corrected chi connectivity index (χ4v) is 3.53. The second kappa shape index (κ2) is 7.12. The lowest BCUT2D eigenvalue weighted by Gasteiger charge is -2.16. The Morgan fingerprint density at radius 1 is 0.767 bits per heavy atom. The highest BCUT2D eigenvalue weighted by atomic mass is 16.3. The van der Waals surface area contributed by atoms with Crippen LogP contribution in [-0.4, -0.2) is 9.67 Å². The molecule has 0 saturated heterocycles. The zero-order chi connectivity index (χ0) is 20.7. The molecular weight excluding hydrogens is 372 g/mol. The lowest BCUT2D eigenvalue weighted by Crippen LogP contribution is -2.41. The number of fused-ring (bicyclic) bond motifs is 3. The van der Waals surface area contributed by atoms with Gasteiger partial charge in [-0.3, -0.25) is 4.57 Å². The van der Waals surface area contributed by atoms with Crippen LogP contribution in [0.25, 0.3) is 22.1 Å². The fourth-order valence-electron chi connectivity index (χ4n) is 3.53. The molecule has 0 bridgehead atoms. The highest BCUT2D eigenvalue weighted by molar-refractivity contribution is 5.77. The Labute approximate surface area is 173 Å². The van der Waals surface area contributed by atoms with Crippen LogP contribution in [0.4, 0.5) is 5.69 Å². The second-order valence-electron chi connectivity index (χ2n) is 7.41. The molecule has 2 heterocycles. The Morgan fingerprint density at radius 3 is 2.17 bits per heavy atom. The topological polar surface area (TPSA) is 57.3 Å². The summed E-state index contributed by atoms with van der Waals surface area (Å²) in [5, 5.41) is 19.4. The normalized spacial score (nSPS) is 12.0. The molecule has 5 rings (SSSR count). The zero-order valence-electron chi connectivity index (χ0n) is 16.8. The molecule has 0 aliphatic heterocycles. The molecule has 0 spiro atoms. The number of para-hydroxylation sites is 1. The molecule has 0 fully saturated rings. The smallest absolute Gasteiger partial charge is 0.300 e. The van der Waals surface area contributed by atoms with Crippen LogP contribution in [0.1, 0.15) is 11.1 Å². The molecular formula is C25H20N4O. The van der Waals surface area contributed by atoms with Crippen LogP contribution < -0.4 is 15.2 Å². The zero-order valence-corrected chi connectivity index (χ0v) is 16.8. The Hall–Kier alpha value is -3.99. The molecule has 0 amide bonds. The van der Waals surface area contributed by atoms with E-state index in [1.165, 1.54) is 0 Å². The molecule has 0 unspecified atom stereocenters. The van der Waals surface area contributed by atoms with Gasteiger partial charge in [-0.1, -0.05) is 47.5 Å². The predicted molar refractivity (Wildman–Crippen MR) is 115 cm³/mol. The minimum absolute atomic E-state index is 0.162. The third-order valence-corrected chi connectivity index (χ3v) is 5.18. The van der Waals surface area contributed by atoms with Gasteiger partial charge in [0.1, 0.15) is 0 Å². The summed E-state index contributed by atoms with van der Waals surface area (Å²) >= 11 is 0. The number of pyridine rings is 1. The second-order valence-corrected chi connectivity index (χ2v) is 7.41. The molecule has 0 aliphatic carbocycles. The summed E-state index contributed by atoms with van der Waals surface area (Å²) in [6.45, 7) is 4.05. The van der Waals surface area contributed by atoms with Gasteiger partial charge in [-0.25, -0.2) is 4.99 Å². The van der Waals surface area contributed by atoms with Crippen LogP contribution in [-0.2, 0) is 0 Å². The van der Waals surface area contributed by atoms with E-state index in [1.54, 1.807) is 9.08 Å². The molecule has 0 N–H and O–H groups in total. The highest BCUT2D eigenvalue weighted by Crippen LogP contribution is 2.19. The minimum Gasteiger partial charge on any atom is -0.855 e. The van der Waals surface area contributed by atoms with E-state index >= 15 is 0 Å². The summed E-state index contributed by atoms with van der Waals surface area (Å²) in [5.74, 6) is -0.162. The third kappa shape index (κ3) is 3.10. The first-order valence-electron chi connectivity index (χ1n) is 9.82. The fraction of sp³-hybridized carbons (Fsp3) is 0.0800. The van der Waals surface area contributed by atoms with Gasteiger partial charge in [0.15, 0.2) is 0 Å². The van der Waals surface area contributed by atoms with Crippen molar-refractivity contribution in [2.45, 2.75) is 13.8 Å². The lowest BCUT2D eigenvalue weighted by atomic mass is 10.2. The van der Waals surface area contributed by atoms with E-state index in [0.717, 1.165) is 33.4 Å². The van der Waals surface area contributed by atoms with Crippen molar-refractivity contribution < 1.29 is 9.62 Å². The number of aryl methyl sites for hydroxylation is 2. The Bertz CT molecular complexity index is 1450. The molecule has 0 radical (unpaired) electrons. The first kappa shape index (κ1) is 18.1. The van der Waals surface area contributed by atoms with Crippen molar-refractivity contribution in [3.8, 4) is 11.6 Å². The van der Waals surface area contributed by atoms with E-state index in [0.29, 0.717) is 11.1 Å². The van der Waals surface area contributed by atoms with E-state index in [1.807, 2.05) is 98.8 Å². The molecule has 0 atom stereocenters. The van der Waals surface area contributed by atoms with Gasteiger partial charge in [-0.15, -0.1) is 0 Å². The molecule has 2 aromatic heterocycles. The van der Waals surface area contributed by atoms with Gasteiger partial charge in [-0.05, 0) is 54.8 Å². The summed E-state index contributed by atoms with van der Waals surface area (Å²) in [6.07, 6.45) is 0. The minimum atomic E-state index is -0.162. The van der Waals surface area contributed by atoms with Crippen LogP contribution in [0, 0.1) is 13.8 Å².